The Hall–Kier alpha value is -3.45. The number of anilines is 1. The number of hydrogen-bond donors (Lipinski definition) is 1. The molecule has 3 rings (SSSR count). The first kappa shape index (κ1) is 24.2. The molecule has 0 bridgehead atoms. The van der Waals surface area contributed by atoms with Crippen molar-refractivity contribution in [3.8, 4) is 5.69 Å². The molecule has 33 heavy (non-hydrogen) atoms. The smallest absolute Gasteiger partial charge is 0.254 e. The van der Waals surface area contributed by atoms with Gasteiger partial charge in [0, 0.05) is 30.7 Å². The average molecular weight is 449 g/mol. The second kappa shape index (κ2) is 10.4. The van der Waals surface area contributed by atoms with E-state index in [2.05, 4.69) is 26.1 Å². The minimum Gasteiger partial charge on any atom is -0.383 e. The van der Waals surface area contributed by atoms with Gasteiger partial charge in [-0.1, -0.05) is 57.2 Å². The Morgan fingerprint density at radius 2 is 1.73 bits per heavy atom. The maximum Gasteiger partial charge on any atom is 0.254 e. The summed E-state index contributed by atoms with van der Waals surface area (Å²) in [6, 6.07) is 18.7. The van der Waals surface area contributed by atoms with Crippen LogP contribution in [0, 0.1) is 6.92 Å². The molecule has 0 atom stereocenters. The number of ether oxygens (including phenoxy) is 1. The van der Waals surface area contributed by atoms with Crippen LogP contribution in [0.25, 0.3) is 5.69 Å². The van der Waals surface area contributed by atoms with E-state index in [1.165, 1.54) is 4.90 Å². The van der Waals surface area contributed by atoms with E-state index in [9.17, 15) is 9.59 Å². The number of rotatable bonds is 8. The van der Waals surface area contributed by atoms with Gasteiger partial charge in [0.15, 0.2) is 0 Å². The quantitative estimate of drug-likeness (QED) is 0.560. The summed E-state index contributed by atoms with van der Waals surface area (Å²) >= 11 is 0. The van der Waals surface area contributed by atoms with Crippen LogP contribution in [-0.2, 0) is 14.9 Å². The molecule has 2 amide bonds. The lowest BCUT2D eigenvalue weighted by Crippen LogP contribution is -2.40. The summed E-state index contributed by atoms with van der Waals surface area (Å²) in [5.74, 6) is 0.0502. The Balaban J connectivity index is 1.86. The van der Waals surface area contributed by atoms with E-state index < -0.39 is 0 Å². The number of methoxy groups -OCH3 is 1. The zero-order valence-corrected chi connectivity index (χ0v) is 20.0. The van der Waals surface area contributed by atoms with Crippen LogP contribution in [0.5, 0.6) is 0 Å². The largest absolute Gasteiger partial charge is 0.383 e. The van der Waals surface area contributed by atoms with Crippen LogP contribution in [0.15, 0.2) is 60.7 Å². The summed E-state index contributed by atoms with van der Waals surface area (Å²) in [5.41, 5.74) is 3.12. The Morgan fingerprint density at radius 1 is 1.06 bits per heavy atom. The molecule has 0 fully saturated rings. The van der Waals surface area contributed by atoms with Crippen LogP contribution in [0.3, 0.4) is 0 Å². The maximum absolute atomic E-state index is 13.1. The Morgan fingerprint density at radius 3 is 2.36 bits per heavy atom. The number of nitrogens with zero attached hydrogens (tertiary/aromatic N) is 3. The van der Waals surface area contributed by atoms with E-state index in [4.69, 9.17) is 9.84 Å². The number of nitrogens with one attached hydrogen (secondary N) is 1. The van der Waals surface area contributed by atoms with Gasteiger partial charge in [0.05, 0.1) is 18.0 Å². The van der Waals surface area contributed by atoms with Gasteiger partial charge in [0.1, 0.15) is 12.4 Å². The molecule has 0 radical (unpaired) electrons. The first-order valence-electron chi connectivity index (χ1n) is 11.0. The van der Waals surface area contributed by atoms with Gasteiger partial charge in [-0.05, 0) is 30.7 Å². The van der Waals surface area contributed by atoms with Crippen molar-refractivity contribution in [1.82, 2.24) is 14.7 Å². The van der Waals surface area contributed by atoms with Crippen LogP contribution in [0.2, 0.25) is 0 Å². The van der Waals surface area contributed by atoms with Gasteiger partial charge >= 0.3 is 0 Å². The SMILES string of the molecule is COCCN(CC(=O)Nc1cc(C(C)(C)C)nn1-c1ccccc1C)C(=O)c1ccccc1. The third-order valence-electron chi connectivity index (χ3n) is 5.30. The lowest BCUT2D eigenvalue weighted by Gasteiger charge is -2.22. The predicted octanol–water partition coefficient (Wildman–Crippen LogP) is 4.21. The van der Waals surface area contributed by atoms with Crippen LogP contribution < -0.4 is 5.32 Å². The molecule has 7 nitrogen and oxygen atoms in total. The van der Waals surface area contributed by atoms with E-state index in [0.717, 1.165) is 16.9 Å². The van der Waals surface area contributed by atoms with Gasteiger partial charge in [-0.2, -0.15) is 5.10 Å². The number of benzene rings is 2. The zero-order valence-electron chi connectivity index (χ0n) is 20.0. The highest BCUT2D eigenvalue weighted by Crippen LogP contribution is 2.27. The fraction of sp³-hybridized carbons (Fsp3) is 0.346. The number of amides is 2. The lowest BCUT2D eigenvalue weighted by atomic mass is 9.92. The van der Waals surface area contributed by atoms with Crippen LogP contribution in [-0.4, -0.2) is 53.3 Å². The van der Waals surface area contributed by atoms with Gasteiger partial charge < -0.3 is 15.0 Å². The summed E-state index contributed by atoms with van der Waals surface area (Å²) in [4.78, 5) is 27.5. The minimum atomic E-state index is -0.300. The fourth-order valence-corrected chi connectivity index (χ4v) is 3.39. The van der Waals surface area contributed by atoms with E-state index in [1.54, 1.807) is 36.1 Å². The standard InChI is InChI=1S/C26H32N4O3/c1-19-11-9-10-14-21(19)30-23(17-22(28-30)26(2,3)4)27-24(31)18-29(15-16-33-5)25(32)20-12-7-6-8-13-20/h6-14,17H,15-16,18H2,1-5H3,(H,27,31). The summed E-state index contributed by atoms with van der Waals surface area (Å²) in [6.45, 7) is 8.78. The molecule has 0 aliphatic carbocycles. The van der Waals surface area contributed by atoms with Gasteiger partial charge in [-0.3, -0.25) is 9.59 Å². The van der Waals surface area contributed by atoms with Crippen molar-refractivity contribution in [2.75, 3.05) is 32.1 Å². The molecule has 0 saturated heterocycles. The molecule has 0 saturated carbocycles. The number of para-hydroxylation sites is 1. The van der Waals surface area contributed by atoms with Crippen molar-refractivity contribution in [3.05, 3.63) is 77.5 Å². The molecular formula is C26H32N4O3. The normalized spacial score (nSPS) is 11.3. The molecule has 0 aliphatic rings. The summed E-state index contributed by atoms with van der Waals surface area (Å²) in [6.07, 6.45) is 0. The summed E-state index contributed by atoms with van der Waals surface area (Å²) in [7, 11) is 1.57. The Labute approximate surface area is 195 Å². The van der Waals surface area contributed by atoms with Crippen molar-refractivity contribution in [2.45, 2.75) is 33.1 Å². The molecule has 1 heterocycles. The molecule has 3 aromatic rings. The number of hydrogen-bond acceptors (Lipinski definition) is 4. The van der Waals surface area contributed by atoms with Crippen molar-refractivity contribution in [2.24, 2.45) is 0 Å². The van der Waals surface area contributed by atoms with Crippen LogP contribution in [0.1, 0.15) is 42.4 Å². The maximum atomic E-state index is 13.1. The minimum absolute atomic E-state index is 0.0963. The third kappa shape index (κ3) is 6.08. The molecule has 0 spiro atoms. The van der Waals surface area contributed by atoms with Crippen molar-refractivity contribution < 1.29 is 14.3 Å². The van der Waals surface area contributed by atoms with E-state index in [-0.39, 0.29) is 23.8 Å². The van der Waals surface area contributed by atoms with Gasteiger partial charge in [0.25, 0.3) is 5.91 Å². The van der Waals surface area contributed by atoms with Crippen molar-refractivity contribution in [3.63, 3.8) is 0 Å². The monoisotopic (exact) mass is 448 g/mol. The number of aromatic nitrogens is 2. The Kier molecular flexibility index (Phi) is 7.66. The first-order chi connectivity index (χ1) is 15.7. The molecule has 1 N–H and O–H groups in total. The average Bonchev–Trinajstić information content (AvgIpc) is 3.21. The van der Waals surface area contributed by atoms with Crippen molar-refractivity contribution in [1.29, 1.82) is 0 Å². The number of aryl methyl sites for hydroxylation is 1. The molecule has 0 unspecified atom stereocenters. The summed E-state index contributed by atoms with van der Waals surface area (Å²) < 4.78 is 6.91. The fourth-order valence-electron chi connectivity index (χ4n) is 3.39. The molecule has 7 heteroatoms. The third-order valence-corrected chi connectivity index (χ3v) is 5.30. The van der Waals surface area contributed by atoms with E-state index in [1.807, 2.05) is 43.3 Å². The highest BCUT2D eigenvalue weighted by molar-refractivity contribution is 5.99. The highest BCUT2D eigenvalue weighted by Gasteiger charge is 2.24. The molecule has 0 aliphatic heterocycles. The van der Waals surface area contributed by atoms with Gasteiger partial charge in [-0.15, -0.1) is 0 Å². The molecule has 174 valence electrons. The van der Waals surface area contributed by atoms with E-state index in [0.29, 0.717) is 24.5 Å². The molecular weight excluding hydrogens is 416 g/mol. The first-order valence-corrected chi connectivity index (χ1v) is 11.0. The molecule has 2 aromatic carbocycles. The zero-order chi connectivity index (χ0) is 24.0. The van der Waals surface area contributed by atoms with Crippen LogP contribution in [0.4, 0.5) is 5.82 Å². The highest BCUT2D eigenvalue weighted by atomic mass is 16.5. The van der Waals surface area contributed by atoms with Gasteiger partial charge in [-0.25, -0.2) is 4.68 Å². The predicted molar refractivity (Wildman–Crippen MR) is 130 cm³/mol. The number of carbonyl (C=O) groups excluding carboxylic acids is 2. The second-order valence-electron chi connectivity index (χ2n) is 9.00. The molecule has 1 aromatic heterocycles. The summed E-state index contributed by atoms with van der Waals surface area (Å²) in [5, 5.41) is 7.75. The van der Waals surface area contributed by atoms with Gasteiger partial charge in [0.2, 0.25) is 5.91 Å². The topological polar surface area (TPSA) is 76.5 Å². The van der Waals surface area contributed by atoms with Crippen molar-refractivity contribution >= 4 is 17.6 Å². The second-order valence-corrected chi connectivity index (χ2v) is 9.00. The van der Waals surface area contributed by atoms with E-state index >= 15 is 0 Å². The number of carbonyl (C=O) groups is 2. The lowest BCUT2D eigenvalue weighted by molar-refractivity contribution is -0.117. The van der Waals surface area contributed by atoms with Crippen LogP contribution >= 0.6 is 0 Å². The Bertz CT molecular complexity index is 1100.